The zero-order chi connectivity index (χ0) is 15.5. The molecule has 4 heteroatoms. The Balaban J connectivity index is 1.94. The maximum Gasteiger partial charge on any atom is 0.238 e. The van der Waals surface area contributed by atoms with Crippen molar-refractivity contribution in [2.45, 2.75) is 18.7 Å². The summed E-state index contributed by atoms with van der Waals surface area (Å²) in [5.74, 6) is 1.48. The lowest BCUT2D eigenvalue weighted by atomic mass is 10.1. The molecule has 0 unspecified atom stereocenters. The highest BCUT2D eigenvalue weighted by molar-refractivity contribution is 8.00. The van der Waals surface area contributed by atoms with E-state index in [2.05, 4.69) is 19.1 Å². The van der Waals surface area contributed by atoms with Crippen LogP contribution in [0.15, 0.2) is 48.5 Å². The van der Waals surface area contributed by atoms with Gasteiger partial charge in [-0.2, -0.15) is 0 Å². The molecule has 22 heavy (non-hydrogen) atoms. The van der Waals surface area contributed by atoms with E-state index in [0.29, 0.717) is 5.75 Å². The molecule has 0 aromatic heterocycles. The third-order valence-corrected chi connectivity index (χ3v) is 5.08. The van der Waals surface area contributed by atoms with Crippen LogP contribution in [0.2, 0.25) is 0 Å². The van der Waals surface area contributed by atoms with E-state index in [1.807, 2.05) is 41.3 Å². The normalized spacial score (nSPS) is 17.8. The van der Waals surface area contributed by atoms with Gasteiger partial charge in [0, 0.05) is 5.69 Å². The summed E-state index contributed by atoms with van der Waals surface area (Å²) >= 11 is 1.66. The van der Waals surface area contributed by atoms with E-state index < -0.39 is 0 Å². The number of ether oxygens (including phenoxy) is 1. The average Bonchev–Trinajstić information content (AvgIpc) is 2.96. The minimum absolute atomic E-state index is 0.00933. The topological polar surface area (TPSA) is 29.5 Å². The molecule has 0 spiro atoms. The first-order valence-corrected chi connectivity index (χ1v) is 8.44. The fourth-order valence-electron chi connectivity index (χ4n) is 2.64. The minimum atomic E-state index is 0.00933. The van der Waals surface area contributed by atoms with Crippen LogP contribution in [0.4, 0.5) is 5.69 Å². The zero-order valence-corrected chi connectivity index (χ0v) is 13.6. The molecule has 1 amide bonds. The quantitative estimate of drug-likeness (QED) is 0.853. The molecule has 1 aliphatic rings. The van der Waals surface area contributed by atoms with Crippen LogP contribution in [0.1, 0.15) is 23.4 Å². The number of carbonyl (C=O) groups excluding carboxylic acids is 1. The van der Waals surface area contributed by atoms with Gasteiger partial charge in [0.1, 0.15) is 11.1 Å². The number of aryl methyl sites for hydroxylation is 1. The minimum Gasteiger partial charge on any atom is -0.497 e. The van der Waals surface area contributed by atoms with Gasteiger partial charge >= 0.3 is 0 Å². The van der Waals surface area contributed by atoms with E-state index in [1.54, 1.807) is 18.9 Å². The van der Waals surface area contributed by atoms with Crippen LogP contribution >= 0.6 is 11.8 Å². The summed E-state index contributed by atoms with van der Waals surface area (Å²) in [6, 6.07) is 16.2. The Bertz CT molecular complexity index is 669. The van der Waals surface area contributed by atoms with E-state index in [1.165, 1.54) is 5.56 Å². The van der Waals surface area contributed by atoms with Crippen LogP contribution in [0.3, 0.4) is 0 Å². The first-order valence-electron chi connectivity index (χ1n) is 7.39. The molecule has 114 valence electrons. The Kier molecular flexibility index (Phi) is 4.39. The van der Waals surface area contributed by atoms with Gasteiger partial charge in [-0.3, -0.25) is 9.69 Å². The first-order chi connectivity index (χ1) is 10.7. The molecule has 0 radical (unpaired) electrons. The van der Waals surface area contributed by atoms with Crippen LogP contribution in [0, 0.1) is 0 Å². The third kappa shape index (κ3) is 2.83. The van der Waals surface area contributed by atoms with Gasteiger partial charge < -0.3 is 4.74 Å². The Labute approximate surface area is 135 Å². The molecule has 3 rings (SSSR count). The van der Waals surface area contributed by atoms with Gasteiger partial charge in [-0.05, 0) is 41.8 Å². The number of methoxy groups -OCH3 is 1. The molecular formula is C18H19NO2S. The number of hydrogen-bond donors (Lipinski definition) is 0. The second-order valence-corrected chi connectivity index (χ2v) is 6.29. The number of benzene rings is 2. The van der Waals surface area contributed by atoms with Crippen molar-refractivity contribution < 1.29 is 9.53 Å². The fourth-order valence-corrected chi connectivity index (χ4v) is 3.80. The van der Waals surface area contributed by atoms with Crippen molar-refractivity contribution in [2.75, 3.05) is 17.8 Å². The highest BCUT2D eigenvalue weighted by Crippen LogP contribution is 2.42. The van der Waals surface area contributed by atoms with Gasteiger partial charge in [0.05, 0.1) is 12.9 Å². The summed E-state index contributed by atoms with van der Waals surface area (Å²) in [5.41, 5.74) is 3.33. The highest BCUT2D eigenvalue weighted by Gasteiger charge is 2.34. The number of nitrogens with zero attached hydrogens (tertiary/aromatic N) is 1. The second kappa shape index (κ2) is 6.44. The summed E-state index contributed by atoms with van der Waals surface area (Å²) < 4.78 is 5.30. The molecule has 0 saturated carbocycles. The van der Waals surface area contributed by atoms with Gasteiger partial charge in [-0.15, -0.1) is 11.8 Å². The van der Waals surface area contributed by atoms with Crippen LogP contribution in [0.5, 0.6) is 5.75 Å². The van der Waals surface area contributed by atoms with Gasteiger partial charge in [-0.1, -0.05) is 31.2 Å². The molecule has 1 aliphatic heterocycles. The SMILES string of the molecule is CCc1ccc(N2C(=O)CS[C@H]2c2cccc(OC)c2)cc1. The van der Waals surface area contributed by atoms with Crippen molar-refractivity contribution in [1.29, 1.82) is 0 Å². The van der Waals surface area contributed by atoms with E-state index >= 15 is 0 Å². The van der Waals surface area contributed by atoms with Gasteiger partial charge in [0.25, 0.3) is 0 Å². The molecule has 2 aromatic rings. The Morgan fingerprint density at radius 2 is 2.00 bits per heavy atom. The van der Waals surface area contributed by atoms with E-state index in [-0.39, 0.29) is 11.3 Å². The van der Waals surface area contributed by atoms with Crippen LogP contribution in [0.25, 0.3) is 0 Å². The third-order valence-electron chi connectivity index (χ3n) is 3.87. The smallest absolute Gasteiger partial charge is 0.238 e. The number of thioether (sulfide) groups is 1. The molecule has 2 aromatic carbocycles. The van der Waals surface area contributed by atoms with Crippen molar-refractivity contribution in [3.63, 3.8) is 0 Å². The Morgan fingerprint density at radius 1 is 1.23 bits per heavy atom. The molecule has 0 N–H and O–H groups in total. The summed E-state index contributed by atoms with van der Waals surface area (Å²) in [6.45, 7) is 2.13. The predicted molar refractivity (Wildman–Crippen MR) is 91.5 cm³/mol. The Morgan fingerprint density at radius 3 is 2.68 bits per heavy atom. The fraction of sp³-hybridized carbons (Fsp3) is 0.278. The summed E-state index contributed by atoms with van der Waals surface area (Å²) in [7, 11) is 1.66. The maximum atomic E-state index is 12.3. The van der Waals surface area contributed by atoms with Crippen molar-refractivity contribution >= 4 is 23.4 Å². The molecule has 0 bridgehead atoms. The maximum absolute atomic E-state index is 12.3. The van der Waals surface area contributed by atoms with E-state index in [9.17, 15) is 4.79 Å². The highest BCUT2D eigenvalue weighted by atomic mass is 32.2. The molecule has 1 atom stereocenters. The van der Waals surface area contributed by atoms with Gasteiger partial charge in [0.15, 0.2) is 0 Å². The van der Waals surface area contributed by atoms with Gasteiger partial charge in [0.2, 0.25) is 5.91 Å². The molecule has 1 saturated heterocycles. The molecular weight excluding hydrogens is 294 g/mol. The lowest BCUT2D eigenvalue weighted by molar-refractivity contribution is -0.115. The standard InChI is InChI=1S/C18H19NO2S/c1-3-13-7-9-15(10-8-13)19-17(20)12-22-18(19)14-5-4-6-16(11-14)21-2/h4-11,18H,3,12H2,1-2H3/t18-/m0/s1. The molecule has 1 fully saturated rings. The molecule has 0 aliphatic carbocycles. The van der Waals surface area contributed by atoms with Crippen LogP contribution in [-0.2, 0) is 11.2 Å². The summed E-state index contributed by atoms with van der Waals surface area (Å²) in [5, 5.41) is 0.00933. The largest absolute Gasteiger partial charge is 0.497 e. The lowest BCUT2D eigenvalue weighted by Crippen LogP contribution is -2.27. The number of rotatable bonds is 4. The number of carbonyl (C=O) groups is 1. The number of hydrogen-bond acceptors (Lipinski definition) is 3. The lowest BCUT2D eigenvalue weighted by Gasteiger charge is -2.24. The van der Waals surface area contributed by atoms with Crippen molar-refractivity contribution in [1.82, 2.24) is 0 Å². The average molecular weight is 313 g/mol. The van der Waals surface area contributed by atoms with Crippen LogP contribution < -0.4 is 9.64 Å². The second-order valence-electron chi connectivity index (χ2n) is 5.22. The van der Waals surface area contributed by atoms with E-state index in [0.717, 1.165) is 23.4 Å². The monoisotopic (exact) mass is 313 g/mol. The van der Waals surface area contributed by atoms with Crippen molar-refractivity contribution in [2.24, 2.45) is 0 Å². The molecule has 1 heterocycles. The molecule has 3 nitrogen and oxygen atoms in total. The van der Waals surface area contributed by atoms with Crippen molar-refractivity contribution in [3.8, 4) is 5.75 Å². The van der Waals surface area contributed by atoms with Gasteiger partial charge in [-0.25, -0.2) is 0 Å². The number of anilines is 1. The zero-order valence-electron chi connectivity index (χ0n) is 12.8. The Hall–Kier alpha value is -1.94. The first kappa shape index (κ1) is 15.0. The van der Waals surface area contributed by atoms with Crippen molar-refractivity contribution in [3.05, 3.63) is 59.7 Å². The van der Waals surface area contributed by atoms with E-state index in [4.69, 9.17) is 4.74 Å². The number of amides is 1. The van der Waals surface area contributed by atoms with Crippen LogP contribution in [-0.4, -0.2) is 18.8 Å². The predicted octanol–water partition coefficient (Wildman–Crippen LogP) is 4.04. The summed E-state index contributed by atoms with van der Waals surface area (Å²) in [6.07, 6.45) is 1.00. The summed E-state index contributed by atoms with van der Waals surface area (Å²) in [4.78, 5) is 14.2.